The highest BCUT2D eigenvalue weighted by Crippen LogP contribution is 2.41. The van der Waals surface area contributed by atoms with Gasteiger partial charge in [-0.1, -0.05) is 6.07 Å². The average molecular weight is 570 g/mol. The summed E-state index contributed by atoms with van der Waals surface area (Å²) in [4.78, 5) is 27.1. The first kappa shape index (κ1) is 26.8. The Labute approximate surface area is 226 Å². The van der Waals surface area contributed by atoms with Gasteiger partial charge >= 0.3 is 0 Å². The van der Waals surface area contributed by atoms with Crippen molar-refractivity contribution in [3.8, 4) is 23.0 Å². The molecule has 0 aliphatic carbocycles. The van der Waals surface area contributed by atoms with Gasteiger partial charge in [0.05, 0.1) is 34.8 Å². The van der Waals surface area contributed by atoms with Crippen LogP contribution in [0.4, 0.5) is 0 Å². The zero-order valence-corrected chi connectivity index (χ0v) is 22.9. The number of benzene rings is 2. The molecule has 1 fully saturated rings. The number of fused-ring (bicyclic) bond motifs is 1. The highest BCUT2D eigenvalue weighted by Gasteiger charge is 2.33. The molecule has 13 heteroatoms. The van der Waals surface area contributed by atoms with E-state index in [9.17, 15) is 21.6 Å². The highest BCUT2D eigenvalue weighted by atomic mass is 32.2. The van der Waals surface area contributed by atoms with Crippen molar-refractivity contribution in [2.45, 2.75) is 23.8 Å². The number of hydrogen-bond donors (Lipinski definition) is 2. The highest BCUT2D eigenvalue weighted by molar-refractivity contribution is 7.90. The van der Waals surface area contributed by atoms with Crippen LogP contribution in [-0.2, 0) is 24.7 Å². The van der Waals surface area contributed by atoms with Gasteiger partial charge in [0.1, 0.15) is 17.2 Å². The van der Waals surface area contributed by atoms with Gasteiger partial charge in [-0.2, -0.15) is 0 Å². The van der Waals surface area contributed by atoms with Crippen molar-refractivity contribution in [2.24, 2.45) is 0 Å². The molecule has 2 aromatic carbocycles. The van der Waals surface area contributed by atoms with E-state index in [2.05, 4.69) is 19.7 Å². The molecule has 3 heterocycles. The number of aromatic nitrogens is 3. The Kier molecular flexibility index (Phi) is 7.14. The van der Waals surface area contributed by atoms with Gasteiger partial charge in [0.2, 0.25) is 15.9 Å². The summed E-state index contributed by atoms with van der Waals surface area (Å²) in [6, 6.07) is 14.9. The van der Waals surface area contributed by atoms with Crippen molar-refractivity contribution in [1.82, 2.24) is 24.6 Å². The molecule has 1 atom stereocenters. The fraction of sp³-hybridized carbons (Fsp3) is 0.269. The third-order valence-corrected chi connectivity index (χ3v) is 8.22. The number of sulfonamides is 1. The Morgan fingerprint density at radius 3 is 2.54 bits per heavy atom. The van der Waals surface area contributed by atoms with E-state index in [0.29, 0.717) is 41.5 Å². The average Bonchev–Trinajstić information content (AvgIpc) is 3.54. The van der Waals surface area contributed by atoms with E-state index in [-0.39, 0.29) is 23.4 Å². The van der Waals surface area contributed by atoms with Crippen LogP contribution in [-0.4, -0.2) is 68.2 Å². The maximum atomic E-state index is 13.0. The summed E-state index contributed by atoms with van der Waals surface area (Å²) < 4.78 is 55.4. The van der Waals surface area contributed by atoms with Gasteiger partial charge in [-0.25, -0.2) is 26.5 Å². The van der Waals surface area contributed by atoms with Crippen molar-refractivity contribution in [1.29, 1.82) is 0 Å². The van der Waals surface area contributed by atoms with E-state index in [1.54, 1.807) is 29.3 Å². The van der Waals surface area contributed by atoms with Gasteiger partial charge in [-0.05, 0) is 55.3 Å². The zero-order valence-electron chi connectivity index (χ0n) is 21.3. The molecule has 1 amide bonds. The minimum absolute atomic E-state index is 0.170. The lowest BCUT2D eigenvalue weighted by molar-refractivity contribution is -0.130. The maximum Gasteiger partial charge on any atom is 0.238 e. The molecule has 1 aliphatic heterocycles. The number of rotatable bonds is 8. The van der Waals surface area contributed by atoms with Crippen LogP contribution in [0.3, 0.4) is 0 Å². The van der Waals surface area contributed by atoms with E-state index in [0.717, 1.165) is 30.0 Å². The number of likely N-dealkylation sites (tertiary alicyclic amines) is 1. The third-order valence-electron chi connectivity index (χ3n) is 6.42. The predicted molar refractivity (Wildman–Crippen MR) is 145 cm³/mol. The van der Waals surface area contributed by atoms with E-state index < -0.39 is 19.9 Å². The Morgan fingerprint density at radius 1 is 1.10 bits per heavy atom. The molecule has 0 bridgehead atoms. The molecule has 0 spiro atoms. The first-order valence-corrected chi connectivity index (χ1v) is 15.9. The number of ether oxygens (including phenoxy) is 1. The second-order valence-electron chi connectivity index (χ2n) is 9.39. The fourth-order valence-corrected chi connectivity index (χ4v) is 5.61. The van der Waals surface area contributed by atoms with Crippen LogP contribution >= 0.6 is 0 Å². The molecule has 1 aliphatic rings. The van der Waals surface area contributed by atoms with Crippen LogP contribution < -0.4 is 9.46 Å². The first-order chi connectivity index (χ1) is 18.5. The largest absolute Gasteiger partial charge is 0.457 e. The second kappa shape index (κ2) is 10.4. The number of imidazole rings is 1. The van der Waals surface area contributed by atoms with E-state index in [1.165, 1.54) is 12.1 Å². The summed E-state index contributed by atoms with van der Waals surface area (Å²) in [5, 5.41) is 0. The topological polar surface area (TPSA) is 151 Å². The number of carbonyl (C=O) groups is 1. The van der Waals surface area contributed by atoms with Crippen LogP contribution in [0.2, 0.25) is 0 Å². The Balaban J connectivity index is 1.55. The van der Waals surface area contributed by atoms with Crippen molar-refractivity contribution in [3.63, 3.8) is 0 Å². The number of nitrogens with one attached hydrogen (secondary N) is 2. The molecule has 5 rings (SSSR count). The summed E-state index contributed by atoms with van der Waals surface area (Å²) in [6.45, 7) is 0.131. The summed E-state index contributed by atoms with van der Waals surface area (Å²) in [5.74, 6) is 1.10. The Bertz CT molecular complexity index is 1740. The Morgan fingerprint density at radius 2 is 1.87 bits per heavy atom. The minimum atomic E-state index is -3.53. The molecule has 1 unspecified atom stereocenters. The van der Waals surface area contributed by atoms with Gasteiger partial charge in [0, 0.05) is 30.6 Å². The number of pyridine rings is 1. The quantitative estimate of drug-likeness (QED) is 0.329. The standard InChI is InChI=1S/C26H27N5O6S2/c1-38(33,34)18-10-8-17(9-11-18)37-24-15-22-21(29-26(30-22)20-6-3-4-12-27-20)14-19(24)23-7-5-13-31(23)25(32)16-28-39(2,35)36/h3-4,6,8-12,14-15,23,28H,5,7,13,16H2,1-2H3,(H,29,30). The van der Waals surface area contributed by atoms with Crippen LogP contribution in [0.1, 0.15) is 24.4 Å². The second-order valence-corrected chi connectivity index (χ2v) is 13.2. The number of amides is 1. The van der Waals surface area contributed by atoms with Crippen molar-refractivity contribution in [3.05, 3.63) is 66.4 Å². The molecule has 2 N–H and O–H groups in total. The number of H-pyrrole nitrogens is 1. The van der Waals surface area contributed by atoms with Crippen molar-refractivity contribution >= 4 is 36.8 Å². The lowest BCUT2D eigenvalue weighted by Crippen LogP contribution is -2.39. The number of carbonyl (C=O) groups excluding carboxylic acids is 1. The number of hydrogen-bond acceptors (Lipinski definition) is 8. The number of aromatic amines is 1. The SMILES string of the molecule is CS(=O)(=O)NCC(=O)N1CCCC1c1cc2[nH]c(-c3ccccn3)nc2cc1Oc1ccc(S(C)(=O)=O)cc1. The monoisotopic (exact) mass is 569 g/mol. The van der Waals surface area contributed by atoms with Gasteiger partial charge in [0.25, 0.3) is 0 Å². The molecule has 11 nitrogen and oxygen atoms in total. The van der Waals surface area contributed by atoms with Crippen molar-refractivity contribution in [2.75, 3.05) is 25.6 Å². The molecule has 4 aromatic rings. The normalized spacial score (nSPS) is 16.1. The third kappa shape index (κ3) is 6.10. The zero-order chi connectivity index (χ0) is 27.8. The Hall–Kier alpha value is -3.81. The molecule has 204 valence electrons. The molecule has 0 radical (unpaired) electrons. The number of nitrogens with zero attached hydrogens (tertiary/aromatic N) is 3. The molecule has 0 saturated carbocycles. The summed E-state index contributed by atoms with van der Waals surface area (Å²) in [6.07, 6.45) is 5.21. The van der Waals surface area contributed by atoms with Crippen LogP contribution in [0.5, 0.6) is 11.5 Å². The van der Waals surface area contributed by atoms with Crippen molar-refractivity contribution < 1.29 is 26.4 Å². The van der Waals surface area contributed by atoms with Gasteiger partial charge in [0.15, 0.2) is 15.7 Å². The predicted octanol–water partition coefficient (Wildman–Crippen LogP) is 3.03. The van der Waals surface area contributed by atoms with Crippen LogP contribution in [0, 0.1) is 0 Å². The van der Waals surface area contributed by atoms with E-state index in [4.69, 9.17) is 4.74 Å². The minimum Gasteiger partial charge on any atom is -0.457 e. The van der Waals surface area contributed by atoms with E-state index in [1.807, 2.05) is 24.3 Å². The maximum absolute atomic E-state index is 13.0. The lowest BCUT2D eigenvalue weighted by atomic mass is 10.0. The summed E-state index contributed by atoms with van der Waals surface area (Å²) in [7, 11) is -6.90. The fourth-order valence-electron chi connectivity index (χ4n) is 4.59. The molecule has 39 heavy (non-hydrogen) atoms. The molecular formula is C26H27N5O6S2. The molecular weight excluding hydrogens is 542 g/mol. The van der Waals surface area contributed by atoms with Gasteiger partial charge < -0.3 is 14.6 Å². The first-order valence-electron chi connectivity index (χ1n) is 12.1. The summed E-state index contributed by atoms with van der Waals surface area (Å²) >= 11 is 0. The van der Waals surface area contributed by atoms with Crippen LogP contribution in [0.15, 0.2) is 65.7 Å². The lowest BCUT2D eigenvalue weighted by Gasteiger charge is -2.27. The summed E-state index contributed by atoms with van der Waals surface area (Å²) in [5.41, 5.74) is 2.73. The van der Waals surface area contributed by atoms with E-state index >= 15 is 0 Å². The van der Waals surface area contributed by atoms with Crippen LogP contribution in [0.25, 0.3) is 22.6 Å². The molecule has 2 aromatic heterocycles. The molecule has 1 saturated heterocycles. The smallest absolute Gasteiger partial charge is 0.238 e. The number of sulfone groups is 1. The van der Waals surface area contributed by atoms with Gasteiger partial charge in [-0.3, -0.25) is 9.78 Å². The van der Waals surface area contributed by atoms with Gasteiger partial charge in [-0.15, -0.1) is 0 Å².